The Bertz CT molecular complexity index is 625. The highest BCUT2D eigenvalue weighted by Crippen LogP contribution is 2.31. The summed E-state index contributed by atoms with van der Waals surface area (Å²) in [6.45, 7) is 0. The summed E-state index contributed by atoms with van der Waals surface area (Å²) < 4.78 is 0. The van der Waals surface area contributed by atoms with Crippen molar-refractivity contribution in [2.45, 2.75) is 19.3 Å². The van der Waals surface area contributed by atoms with Crippen molar-refractivity contribution >= 4 is 30.6 Å². The summed E-state index contributed by atoms with van der Waals surface area (Å²) in [6.07, 6.45) is 4.72. The van der Waals surface area contributed by atoms with Crippen molar-refractivity contribution in [3.63, 3.8) is 0 Å². The maximum atomic E-state index is 6.09. The molecule has 2 N–H and O–H groups in total. The minimum absolute atomic E-state index is 0.656. The molecule has 90 valence electrons. The molecule has 0 fully saturated rings. The number of nitrogens with two attached hydrogens (primary N) is 1. The topological polar surface area (TPSA) is 38.9 Å². The van der Waals surface area contributed by atoms with E-state index in [1.807, 2.05) is 12.3 Å². The lowest BCUT2D eigenvalue weighted by Crippen LogP contribution is -2.08. The Labute approximate surface area is 113 Å². The fourth-order valence-corrected chi connectivity index (χ4v) is 2.79. The quantitative estimate of drug-likeness (QED) is 0.569. The van der Waals surface area contributed by atoms with Gasteiger partial charge in [-0.15, -0.1) is 0 Å². The van der Waals surface area contributed by atoms with Crippen LogP contribution in [0.3, 0.4) is 0 Å². The smallest absolute Gasteiger partial charge is 0.141 e. The molecule has 4 heteroatoms. The van der Waals surface area contributed by atoms with Gasteiger partial charge in [-0.25, -0.2) is 0 Å². The lowest BCUT2D eigenvalue weighted by molar-refractivity contribution is 0.956. The molecule has 18 heavy (non-hydrogen) atoms. The van der Waals surface area contributed by atoms with Gasteiger partial charge in [0, 0.05) is 18.3 Å². The Morgan fingerprint density at radius 1 is 1.22 bits per heavy atom. The van der Waals surface area contributed by atoms with Gasteiger partial charge in [0.05, 0.1) is 10.7 Å². The van der Waals surface area contributed by atoms with Crippen molar-refractivity contribution in [1.29, 1.82) is 0 Å². The molecule has 1 aliphatic carbocycles. The zero-order valence-corrected chi connectivity index (χ0v) is 11.1. The van der Waals surface area contributed by atoms with E-state index in [1.165, 1.54) is 27.8 Å². The summed E-state index contributed by atoms with van der Waals surface area (Å²) in [5.41, 5.74) is 13.0. The van der Waals surface area contributed by atoms with Gasteiger partial charge in [0.25, 0.3) is 0 Å². The molecule has 0 bridgehead atoms. The predicted molar refractivity (Wildman–Crippen MR) is 78.5 cm³/mol. The molecule has 0 saturated heterocycles. The number of rotatable bonds is 0. The van der Waals surface area contributed by atoms with E-state index in [0.717, 1.165) is 24.9 Å². The van der Waals surface area contributed by atoms with Gasteiger partial charge in [-0.3, -0.25) is 4.98 Å². The van der Waals surface area contributed by atoms with E-state index < -0.39 is 0 Å². The first-order chi connectivity index (χ1) is 8.65. The minimum atomic E-state index is 0.656. The van der Waals surface area contributed by atoms with E-state index in [4.69, 9.17) is 17.3 Å². The summed E-state index contributed by atoms with van der Waals surface area (Å²) in [5.74, 6) is 0. The second kappa shape index (κ2) is 4.32. The maximum Gasteiger partial charge on any atom is 0.141 e. The Balaban J connectivity index is 2.11. The minimum Gasteiger partial charge on any atom is -0.397 e. The van der Waals surface area contributed by atoms with E-state index in [-0.39, 0.29) is 0 Å². The number of hydrogen-bond acceptors (Lipinski definition) is 2. The van der Waals surface area contributed by atoms with Crippen molar-refractivity contribution in [3.8, 4) is 0 Å². The second-order valence-electron chi connectivity index (χ2n) is 4.89. The third-order valence-corrected chi connectivity index (χ3v) is 3.93. The van der Waals surface area contributed by atoms with Gasteiger partial charge in [-0.1, -0.05) is 29.2 Å². The zero-order valence-electron chi connectivity index (χ0n) is 10.3. The van der Waals surface area contributed by atoms with Crippen LogP contribution >= 0.6 is 11.6 Å². The summed E-state index contributed by atoms with van der Waals surface area (Å²) >= 11 is 6.09. The summed E-state index contributed by atoms with van der Waals surface area (Å²) in [7, 11) is 2.08. The molecule has 0 amide bonds. The van der Waals surface area contributed by atoms with Crippen LogP contribution in [0, 0.1) is 0 Å². The molecule has 2 nitrogen and oxygen atoms in total. The van der Waals surface area contributed by atoms with Crippen molar-refractivity contribution in [2.24, 2.45) is 0 Å². The standard InChI is InChI=1S/C14H14BClN2/c15-10-5-9-1-3-11-8(6-13(9)18-7-10)2-4-12(16)14(11)17/h2,4-5,7H,1,3,6,15,17H2. The average Bonchev–Trinajstić information content (AvgIpc) is 2.53. The van der Waals surface area contributed by atoms with Crippen LogP contribution in [0.4, 0.5) is 5.69 Å². The van der Waals surface area contributed by atoms with Gasteiger partial charge in [-0.05, 0) is 35.6 Å². The number of halogens is 1. The molecule has 0 spiro atoms. The number of aromatic nitrogens is 1. The Kier molecular flexibility index (Phi) is 2.79. The number of pyridine rings is 1. The summed E-state index contributed by atoms with van der Waals surface area (Å²) in [5, 5.41) is 0.656. The van der Waals surface area contributed by atoms with Gasteiger partial charge >= 0.3 is 0 Å². The molecule has 0 radical (unpaired) electrons. The first-order valence-corrected chi connectivity index (χ1v) is 6.53. The molecule has 3 rings (SSSR count). The van der Waals surface area contributed by atoms with Crippen molar-refractivity contribution in [3.05, 3.63) is 51.8 Å². The Morgan fingerprint density at radius 2 is 2.06 bits per heavy atom. The largest absolute Gasteiger partial charge is 0.397 e. The first kappa shape index (κ1) is 11.6. The fourth-order valence-electron chi connectivity index (χ4n) is 2.62. The van der Waals surface area contributed by atoms with Crippen LogP contribution in [-0.4, -0.2) is 12.8 Å². The molecule has 1 heterocycles. The highest BCUT2D eigenvalue weighted by molar-refractivity contribution is 6.33. The number of aryl methyl sites for hydroxylation is 1. The lowest BCUT2D eigenvalue weighted by atomic mass is 9.94. The molecule has 1 aliphatic rings. The van der Waals surface area contributed by atoms with Crippen LogP contribution in [0.25, 0.3) is 0 Å². The first-order valence-electron chi connectivity index (χ1n) is 6.15. The Hall–Kier alpha value is -1.48. The number of fused-ring (bicyclic) bond motifs is 2. The molecule has 1 aromatic heterocycles. The second-order valence-corrected chi connectivity index (χ2v) is 5.30. The number of benzene rings is 1. The van der Waals surface area contributed by atoms with E-state index in [9.17, 15) is 0 Å². The number of hydrogen-bond donors (Lipinski definition) is 1. The number of nitrogens with zero attached hydrogens (tertiary/aromatic N) is 1. The number of anilines is 1. The van der Waals surface area contributed by atoms with Crippen molar-refractivity contribution in [1.82, 2.24) is 4.98 Å². The molecule has 1 aromatic carbocycles. The van der Waals surface area contributed by atoms with Gasteiger partial charge < -0.3 is 5.73 Å². The maximum absolute atomic E-state index is 6.09. The van der Waals surface area contributed by atoms with Crippen molar-refractivity contribution < 1.29 is 0 Å². The van der Waals surface area contributed by atoms with Gasteiger partial charge in [0.1, 0.15) is 7.85 Å². The van der Waals surface area contributed by atoms with E-state index in [1.54, 1.807) is 0 Å². The SMILES string of the molecule is Bc1cnc2c(c1)CCc1c(ccc(Cl)c1N)C2. The zero-order chi connectivity index (χ0) is 12.7. The van der Waals surface area contributed by atoms with E-state index in [0.29, 0.717) is 5.02 Å². The molecule has 0 saturated carbocycles. The average molecular weight is 257 g/mol. The molecular weight excluding hydrogens is 242 g/mol. The Morgan fingerprint density at radius 3 is 2.89 bits per heavy atom. The molecule has 2 aromatic rings. The molecular formula is C14H14BClN2. The van der Waals surface area contributed by atoms with Gasteiger partial charge in [0.2, 0.25) is 0 Å². The highest BCUT2D eigenvalue weighted by atomic mass is 35.5. The normalized spacial score (nSPS) is 13.6. The lowest BCUT2D eigenvalue weighted by Gasteiger charge is -2.10. The van der Waals surface area contributed by atoms with Crippen LogP contribution in [0.1, 0.15) is 22.4 Å². The summed E-state index contributed by atoms with van der Waals surface area (Å²) in [4.78, 5) is 4.56. The van der Waals surface area contributed by atoms with Crippen LogP contribution in [-0.2, 0) is 19.3 Å². The third kappa shape index (κ3) is 1.89. The van der Waals surface area contributed by atoms with Crippen LogP contribution in [0.2, 0.25) is 5.02 Å². The molecule has 0 unspecified atom stereocenters. The third-order valence-electron chi connectivity index (χ3n) is 3.60. The van der Waals surface area contributed by atoms with E-state index >= 15 is 0 Å². The fraction of sp³-hybridized carbons (Fsp3) is 0.214. The van der Waals surface area contributed by atoms with Gasteiger partial charge in [0.15, 0.2) is 0 Å². The van der Waals surface area contributed by atoms with E-state index in [2.05, 4.69) is 25.0 Å². The van der Waals surface area contributed by atoms with Crippen molar-refractivity contribution in [2.75, 3.05) is 5.73 Å². The monoisotopic (exact) mass is 256 g/mol. The highest BCUT2D eigenvalue weighted by Gasteiger charge is 2.17. The summed E-state index contributed by atoms with van der Waals surface area (Å²) in [6, 6.07) is 6.19. The molecule has 0 aliphatic heterocycles. The van der Waals surface area contributed by atoms with Crippen LogP contribution in [0.5, 0.6) is 0 Å². The predicted octanol–water partition coefficient (Wildman–Crippen LogP) is 1.27. The van der Waals surface area contributed by atoms with Crippen LogP contribution < -0.4 is 11.2 Å². The number of nitrogen functional groups attached to an aromatic ring is 1. The van der Waals surface area contributed by atoms with Crippen LogP contribution in [0.15, 0.2) is 24.4 Å². The van der Waals surface area contributed by atoms with Gasteiger partial charge in [-0.2, -0.15) is 0 Å². The molecule has 0 atom stereocenters.